The number of hydrogen-bond acceptors (Lipinski definition) is 2. The maximum Gasteiger partial charge on any atom is 0.406 e. The Bertz CT molecular complexity index is 585. The van der Waals surface area contributed by atoms with E-state index < -0.39 is 18.6 Å². The number of nitrogens with zero attached hydrogens (tertiary/aromatic N) is 2. The summed E-state index contributed by atoms with van der Waals surface area (Å²) in [6.07, 6.45) is -3.46. The maximum atomic E-state index is 12.3. The molecule has 1 aromatic rings. The fourth-order valence-electron chi connectivity index (χ4n) is 2.18. The van der Waals surface area contributed by atoms with Crippen LogP contribution < -0.4 is 10.6 Å². The van der Waals surface area contributed by atoms with Crippen molar-refractivity contribution < 1.29 is 18.0 Å². The van der Waals surface area contributed by atoms with E-state index in [2.05, 4.69) is 22.5 Å². The maximum absolute atomic E-state index is 12.3. The number of nitrogens with one attached hydrogen (secondary N) is 2. The minimum Gasteiger partial charge on any atom is -0.350 e. The molecule has 1 unspecified atom stereocenters. The average Bonchev–Trinajstić information content (AvgIpc) is 2.56. The molecule has 0 saturated heterocycles. The normalized spacial score (nSPS) is 13.3. The molecule has 2 N–H and O–H groups in total. The molecule has 25 heavy (non-hydrogen) atoms. The zero-order valence-electron chi connectivity index (χ0n) is 14.9. The van der Waals surface area contributed by atoms with Gasteiger partial charge in [-0.2, -0.15) is 13.2 Å². The Balaban J connectivity index is 2.54. The number of aryl methyl sites for hydroxylation is 1. The van der Waals surface area contributed by atoms with Crippen LogP contribution >= 0.6 is 0 Å². The molecule has 1 rings (SSSR count). The van der Waals surface area contributed by atoms with Gasteiger partial charge in [0.25, 0.3) is 0 Å². The van der Waals surface area contributed by atoms with Gasteiger partial charge < -0.3 is 15.5 Å². The number of hydrogen-bond donors (Lipinski definition) is 2. The van der Waals surface area contributed by atoms with Crippen molar-refractivity contribution in [2.75, 3.05) is 27.2 Å². The van der Waals surface area contributed by atoms with Gasteiger partial charge >= 0.3 is 6.18 Å². The number of amides is 1. The second-order valence-electron chi connectivity index (χ2n) is 5.75. The van der Waals surface area contributed by atoms with Crippen LogP contribution in [0, 0.1) is 0 Å². The van der Waals surface area contributed by atoms with Gasteiger partial charge in [0.05, 0.1) is 12.6 Å². The number of alkyl halides is 3. The fourth-order valence-corrected chi connectivity index (χ4v) is 2.18. The van der Waals surface area contributed by atoms with Crippen LogP contribution in [0.1, 0.15) is 31.0 Å². The van der Waals surface area contributed by atoms with Crippen LogP contribution in [-0.4, -0.2) is 50.1 Å². The molecule has 1 atom stereocenters. The Kier molecular flexibility index (Phi) is 7.73. The van der Waals surface area contributed by atoms with E-state index in [1.165, 1.54) is 12.6 Å². The number of carbonyl (C=O) groups excluding carboxylic acids is 1. The van der Waals surface area contributed by atoms with Crippen LogP contribution in [0.15, 0.2) is 29.3 Å². The lowest BCUT2D eigenvalue weighted by atomic mass is 10.1. The van der Waals surface area contributed by atoms with Crippen molar-refractivity contribution in [1.29, 1.82) is 0 Å². The van der Waals surface area contributed by atoms with Gasteiger partial charge in [-0.1, -0.05) is 31.2 Å². The molecular weight excluding hydrogens is 333 g/mol. The summed E-state index contributed by atoms with van der Waals surface area (Å²) >= 11 is 0. The van der Waals surface area contributed by atoms with E-state index in [1.54, 1.807) is 0 Å². The number of aliphatic imine (C=N–C) groups is 1. The number of benzene rings is 1. The lowest BCUT2D eigenvalue weighted by molar-refractivity contribution is -0.157. The van der Waals surface area contributed by atoms with Gasteiger partial charge in [-0.05, 0) is 24.5 Å². The lowest BCUT2D eigenvalue weighted by Crippen LogP contribution is -2.46. The molecule has 0 aromatic heterocycles. The van der Waals surface area contributed by atoms with Crippen LogP contribution in [-0.2, 0) is 11.2 Å². The molecule has 5 nitrogen and oxygen atoms in total. The van der Waals surface area contributed by atoms with Crippen molar-refractivity contribution in [1.82, 2.24) is 15.5 Å². The summed E-state index contributed by atoms with van der Waals surface area (Å²) in [5, 5.41) is 5.85. The summed E-state index contributed by atoms with van der Waals surface area (Å²) in [5.41, 5.74) is 2.28. The van der Waals surface area contributed by atoms with Gasteiger partial charge in [-0.25, -0.2) is 0 Å². The third kappa shape index (κ3) is 7.45. The Morgan fingerprint density at radius 2 is 1.88 bits per heavy atom. The topological polar surface area (TPSA) is 56.7 Å². The quantitative estimate of drug-likeness (QED) is 0.607. The van der Waals surface area contributed by atoms with Crippen molar-refractivity contribution in [2.24, 2.45) is 4.99 Å². The van der Waals surface area contributed by atoms with Crippen molar-refractivity contribution in [3.05, 3.63) is 35.4 Å². The fraction of sp³-hybridized carbons (Fsp3) is 0.529. The van der Waals surface area contributed by atoms with Gasteiger partial charge in [0, 0.05) is 14.1 Å². The van der Waals surface area contributed by atoms with E-state index in [4.69, 9.17) is 0 Å². The van der Waals surface area contributed by atoms with Crippen LogP contribution in [0.4, 0.5) is 13.2 Å². The van der Waals surface area contributed by atoms with Crippen LogP contribution in [0.25, 0.3) is 0 Å². The molecule has 0 aliphatic rings. The smallest absolute Gasteiger partial charge is 0.350 e. The number of guanidine groups is 1. The summed E-state index contributed by atoms with van der Waals surface area (Å²) in [7, 11) is 2.65. The SMILES string of the molecule is CCc1ccc(C(C)NC(=NC)NCC(=O)N(C)CC(F)(F)F)cc1. The molecule has 0 heterocycles. The van der Waals surface area contributed by atoms with E-state index in [0.717, 1.165) is 19.0 Å². The Morgan fingerprint density at radius 1 is 1.28 bits per heavy atom. The van der Waals surface area contributed by atoms with E-state index >= 15 is 0 Å². The number of rotatable bonds is 6. The van der Waals surface area contributed by atoms with Gasteiger partial charge in [0.2, 0.25) is 5.91 Å². The minimum absolute atomic E-state index is 0.0693. The van der Waals surface area contributed by atoms with Crippen LogP contribution in [0.3, 0.4) is 0 Å². The number of likely N-dealkylation sites (N-methyl/N-ethyl adjacent to an activating group) is 1. The first-order chi connectivity index (χ1) is 11.7. The Hall–Kier alpha value is -2.25. The van der Waals surface area contributed by atoms with Crippen molar-refractivity contribution in [2.45, 2.75) is 32.5 Å². The summed E-state index contributed by atoms with van der Waals surface area (Å²) < 4.78 is 36.9. The molecule has 1 aromatic carbocycles. The molecule has 0 radical (unpaired) electrons. The molecule has 0 spiro atoms. The highest BCUT2D eigenvalue weighted by atomic mass is 19.4. The van der Waals surface area contributed by atoms with Gasteiger partial charge in [0.15, 0.2) is 5.96 Å². The third-order valence-corrected chi connectivity index (χ3v) is 3.71. The first kappa shape index (κ1) is 20.8. The third-order valence-electron chi connectivity index (χ3n) is 3.71. The van der Waals surface area contributed by atoms with Crippen LogP contribution in [0.2, 0.25) is 0 Å². The number of carbonyl (C=O) groups is 1. The monoisotopic (exact) mass is 358 g/mol. The lowest BCUT2D eigenvalue weighted by Gasteiger charge is -2.21. The molecule has 0 saturated carbocycles. The Morgan fingerprint density at radius 3 is 2.36 bits per heavy atom. The summed E-state index contributed by atoms with van der Waals surface area (Å²) in [6.45, 7) is 2.47. The zero-order chi connectivity index (χ0) is 19.0. The molecule has 0 bridgehead atoms. The zero-order valence-corrected chi connectivity index (χ0v) is 14.9. The van der Waals surface area contributed by atoms with Crippen LogP contribution in [0.5, 0.6) is 0 Å². The van der Waals surface area contributed by atoms with Crippen molar-refractivity contribution in [3.63, 3.8) is 0 Å². The highest BCUT2D eigenvalue weighted by Crippen LogP contribution is 2.15. The second kappa shape index (κ2) is 9.29. The van der Waals surface area contributed by atoms with Gasteiger partial charge in [0.1, 0.15) is 6.54 Å². The molecule has 140 valence electrons. The molecule has 1 amide bonds. The molecule has 8 heteroatoms. The molecule has 0 fully saturated rings. The van der Waals surface area contributed by atoms with E-state index in [9.17, 15) is 18.0 Å². The van der Waals surface area contributed by atoms with Crippen molar-refractivity contribution >= 4 is 11.9 Å². The molecule has 0 aliphatic heterocycles. The number of halogens is 3. The van der Waals surface area contributed by atoms with Gasteiger partial charge in [-0.15, -0.1) is 0 Å². The largest absolute Gasteiger partial charge is 0.406 e. The first-order valence-electron chi connectivity index (χ1n) is 8.03. The minimum atomic E-state index is -4.41. The molecular formula is C17H25F3N4O. The summed E-state index contributed by atoms with van der Waals surface area (Å²) in [5.74, 6) is -0.318. The Labute approximate surface area is 146 Å². The predicted molar refractivity (Wildman–Crippen MR) is 92.4 cm³/mol. The highest BCUT2D eigenvalue weighted by Gasteiger charge is 2.31. The van der Waals surface area contributed by atoms with Gasteiger partial charge in [-0.3, -0.25) is 9.79 Å². The first-order valence-corrected chi connectivity index (χ1v) is 8.03. The summed E-state index contributed by atoms with van der Waals surface area (Å²) in [4.78, 5) is 16.4. The highest BCUT2D eigenvalue weighted by molar-refractivity contribution is 5.86. The second-order valence-corrected chi connectivity index (χ2v) is 5.75. The van der Waals surface area contributed by atoms with E-state index in [0.29, 0.717) is 10.9 Å². The van der Waals surface area contributed by atoms with E-state index in [-0.39, 0.29) is 12.6 Å². The van der Waals surface area contributed by atoms with Crippen molar-refractivity contribution in [3.8, 4) is 0 Å². The molecule has 0 aliphatic carbocycles. The van der Waals surface area contributed by atoms with E-state index in [1.807, 2.05) is 31.2 Å². The predicted octanol–water partition coefficient (Wildman–Crippen LogP) is 2.50. The summed E-state index contributed by atoms with van der Waals surface area (Å²) in [6, 6.07) is 8.02. The average molecular weight is 358 g/mol. The standard InChI is InChI=1S/C17H25F3N4O/c1-5-13-6-8-14(9-7-13)12(2)23-16(21-3)22-10-15(25)24(4)11-17(18,19)20/h6-9,12H,5,10-11H2,1-4H3,(H2,21,22,23).